The number of carbonyl (C=O) groups excluding carboxylic acids is 3. The number of esters is 1. The van der Waals surface area contributed by atoms with E-state index in [0.717, 1.165) is 5.56 Å². The zero-order valence-electron chi connectivity index (χ0n) is 18.7. The van der Waals surface area contributed by atoms with Gasteiger partial charge in [0.05, 0.1) is 27.3 Å². The van der Waals surface area contributed by atoms with Crippen LogP contribution in [-0.4, -0.2) is 22.6 Å². The van der Waals surface area contributed by atoms with Gasteiger partial charge in [0.1, 0.15) is 6.61 Å². The third-order valence-corrected chi connectivity index (χ3v) is 6.45. The lowest BCUT2D eigenvalue weighted by Gasteiger charge is -2.16. The average molecular weight is 497 g/mol. The number of benzene rings is 2. The Labute approximate surface area is 207 Å². The van der Waals surface area contributed by atoms with E-state index in [-0.39, 0.29) is 30.7 Å². The van der Waals surface area contributed by atoms with Gasteiger partial charge in [-0.2, -0.15) is 0 Å². The smallest absolute Gasteiger partial charge is 0.306 e. The molecule has 0 bridgehead atoms. The molecule has 0 spiro atoms. The van der Waals surface area contributed by atoms with Crippen LogP contribution in [0, 0.1) is 6.92 Å². The molecule has 1 atom stereocenters. The molecule has 2 aromatic carbocycles. The highest BCUT2D eigenvalue weighted by molar-refractivity contribution is 6.42. The van der Waals surface area contributed by atoms with Crippen molar-refractivity contribution in [1.29, 1.82) is 0 Å². The topological polar surface area (TPSA) is 85.4 Å². The summed E-state index contributed by atoms with van der Waals surface area (Å²) in [4.78, 5) is 42.4. The quantitative estimate of drug-likeness (QED) is 0.326. The van der Waals surface area contributed by atoms with Gasteiger partial charge < -0.3 is 10.1 Å². The number of ketones is 1. The first-order chi connectivity index (χ1) is 16.3. The summed E-state index contributed by atoms with van der Waals surface area (Å²) in [7, 11) is 0. The molecule has 174 valence electrons. The number of pyridine rings is 1. The molecule has 4 rings (SSSR count). The second kappa shape index (κ2) is 9.95. The molecule has 1 aromatic heterocycles. The fourth-order valence-electron chi connectivity index (χ4n) is 4.16. The summed E-state index contributed by atoms with van der Waals surface area (Å²) in [5.41, 5.74) is 3.65. The molecule has 0 aliphatic carbocycles. The molecule has 1 unspecified atom stereocenters. The van der Waals surface area contributed by atoms with Gasteiger partial charge in [-0.1, -0.05) is 59.6 Å². The standard InChI is InChI=1S/C26H22Cl2N2O4/c1-14-22(15(2)31)23(17-8-9-18(27)19(28)12-17)24-25(29-14)20(30-26(24)33)10-11-21(32)34-13-16-6-4-3-5-7-16/h3-9,12,20H,10-11,13H2,1-2H3,(H,30,33). The molecule has 0 saturated heterocycles. The molecular weight excluding hydrogens is 475 g/mol. The van der Waals surface area contributed by atoms with E-state index in [2.05, 4.69) is 10.3 Å². The molecule has 0 radical (unpaired) electrons. The van der Waals surface area contributed by atoms with Crippen LogP contribution in [-0.2, 0) is 16.1 Å². The van der Waals surface area contributed by atoms with E-state index >= 15 is 0 Å². The van der Waals surface area contributed by atoms with Crippen molar-refractivity contribution < 1.29 is 19.1 Å². The lowest BCUT2D eigenvalue weighted by atomic mass is 9.90. The maximum Gasteiger partial charge on any atom is 0.306 e. The van der Waals surface area contributed by atoms with Crippen molar-refractivity contribution in [2.75, 3.05) is 0 Å². The number of aryl methyl sites for hydroxylation is 1. The van der Waals surface area contributed by atoms with E-state index in [4.69, 9.17) is 27.9 Å². The van der Waals surface area contributed by atoms with Gasteiger partial charge in [-0.3, -0.25) is 19.4 Å². The lowest BCUT2D eigenvalue weighted by Crippen LogP contribution is -2.20. The van der Waals surface area contributed by atoms with E-state index in [1.165, 1.54) is 6.92 Å². The van der Waals surface area contributed by atoms with Crippen LogP contribution in [0.5, 0.6) is 0 Å². The Hall–Kier alpha value is -3.22. The Morgan fingerprint density at radius 2 is 1.79 bits per heavy atom. The molecule has 1 aliphatic heterocycles. The number of nitrogens with zero attached hydrogens (tertiary/aromatic N) is 1. The Kier molecular flexibility index (Phi) is 7.00. The van der Waals surface area contributed by atoms with Crippen LogP contribution in [0.1, 0.15) is 63.5 Å². The summed E-state index contributed by atoms with van der Waals surface area (Å²) in [6.45, 7) is 3.35. The fourth-order valence-corrected chi connectivity index (χ4v) is 4.46. The molecule has 1 N–H and O–H groups in total. The summed E-state index contributed by atoms with van der Waals surface area (Å²) in [6, 6.07) is 13.9. The molecule has 0 saturated carbocycles. The predicted molar refractivity (Wildman–Crippen MR) is 130 cm³/mol. The summed E-state index contributed by atoms with van der Waals surface area (Å²) < 4.78 is 5.35. The fraction of sp³-hybridized carbons (Fsp3) is 0.231. The van der Waals surface area contributed by atoms with E-state index in [1.54, 1.807) is 25.1 Å². The summed E-state index contributed by atoms with van der Waals surface area (Å²) in [6.07, 6.45) is 0.424. The van der Waals surface area contributed by atoms with E-state index < -0.39 is 6.04 Å². The second-order valence-electron chi connectivity index (χ2n) is 8.10. The number of halogens is 2. The Bertz CT molecular complexity index is 1290. The van der Waals surface area contributed by atoms with Crippen LogP contribution in [0.15, 0.2) is 48.5 Å². The van der Waals surface area contributed by atoms with Crippen LogP contribution in [0.25, 0.3) is 11.1 Å². The SMILES string of the molecule is CC(=O)c1c(C)nc2c(c1-c1ccc(Cl)c(Cl)c1)C(=O)NC2CCC(=O)OCc1ccccc1. The molecule has 1 amide bonds. The van der Waals surface area contributed by atoms with Crippen LogP contribution in [0.3, 0.4) is 0 Å². The summed E-state index contributed by atoms with van der Waals surface area (Å²) in [5, 5.41) is 3.58. The Balaban J connectivity index is 1.62. The van der Waals surface area contributed by atoms with Crippen molar-refractivity contribution in [3.05, 3.63) is 86.7 Å². The number of nitrogens with one attached hydrogen (secondary N) is 1. The molecule has 3 aromatic rings. The van der Waals surface area contributed by atoms with Gasteiger partial charge in [0.2, 0.25) is 0 Å². The highest BCUT2D eigenvalue weighted by atomic mass is 35.5. The van der Waals surface area contributed by atoms with Crippen molar-refractivity contribution in [1.82, 2.24) is 10.3 Å². The highest BCUT2D eigenvalue weighted by Gasteiger charge is 2.36. The van der Waals surface area contributed by atoms with Crippen LogP contribution in [0.4, 0.5) is 0 Å². The molecule has 0 fully saturated rings. The number of hydrogen-bond acceptors (Lipinski definition) is 5. The lowest BCUT2D eigenvalue weighted by molar-refractivity contribution is -0.145. The molecule has 1 aliphatic rings. The molecular formula is C26H22Cl2N2O4. The minimum absolute atomic E-state index is 0.106. The van der Waals surface area contributed by atoms with Crippen LogP contribution < -0.4 is 5.32 Å². The van der Waals surface area contributed by atoms with Crippen LogP contribution >= 0.6 is 23.2 Å². The van der Waals surface area contributed by atoms with E-state index in [9.17, 15) is 14.4 Å². The number of aromatic nitrogens is 1. The average Bonchev–Trinajstić information content (AvgIpc) is 3.12. The third-order valence-electron chi connectivity index (χ3n) is 5.71. The highest BCUT2D eigenvalue weighted by Crippen LogP contribution is 2.40. The van der Waals surface area contributed by atoms with Crippen molar-refractivity contribution in [2.24, 2.45) is 0 Å². The number of amides is 1. The van der Waals surface area contributed by atoms with Crippen molar-refractivity contribution in [2.45, 2.75) is 39.3 Å². The van der Waals surface area contributed by atoms with Crippen molar-refractivity contribution >= 4 is 40.9 Å². The number of hydrogen-bond donors (Lipinski definition) is 1. The number of rotatable bonds is 7. The molecule has 8 heteroatoms. The van der Waals surface area contributed by atoms with Gasteiger partial charge in [-0.15, -0.1) is 0 Å². The maximum atomic E-state index is 13.0. The number of Topliss-reactive ketones (excluding diaryl/α,β-unsaturated/α-hetero) is 1. The van der Waals surface area contributed by atoms with Gasteiger partial charge in [0.15, 0.2) is 5.78 Å². The first-order valence-electron chi connectivity index (χ1n) is 10.8. The normalized spacial score (nSPS) is 14.5. The Morgan fingerprint density at radius 1 is 1.06 bits per heavy atom. The number of fused-ring (bicyclic) bond motifs is 1. The molecule has 34 heavy (non-hydrogen) atoms. The van der Waals surface area contributed by atoms with Gasteiger partial charge in [0, 0.05) is 23.2 Å². The predicted octanol–water partition coefficient (Wildman–Crippen LogP) is 5.87. The second-order valence-corrected chi connectivity index (χ2v) is 8.92. The largest absolute Gasteiger partial charge is 0.461 e. The molecule has 6 nitrogen and oxygen atoms in total. The minimum atomic E-state index is -0.479. The van der Waals surface area contributed by atoms with Crippen molar-refractivity contribution in [3.63, 3.8) is 0 Å². The summed E-state index contributed by atoms with van der Waals surface area (Å²) >= 11 is 12.3. The summed E-state index contributed by atoms with van der Waals surface area (Å²) in [5.74, 6) is -0.934. The minimum Gasteiger partial charge on any atom is -0.461 e. The number of carbonyl (C=O) groups is 3. The zero-order valence-corrected chi connectivity index (χ0v) is 20.2. The maximum absolute atomic E-state index is 13.0. The first-order valence-corrected chi connectivity index (χ1v) is 11.5. The van der Waals surface area contributed by atoms with Crippen LogP contribution in [0.2, 0.25) is 10.0 Å². The third kappa shape index (κ3) is 4.83. The van der Waals surface area contributed by atoms with Gasteiger partial charge in [-0.25, -0.2) is 0 Å². The first kappa shape index (κ1) is 23.9. The van der Waals surface area contributed by atoms with Gasteiger partial charge >= 0.3 is 5.97 Å². The van der Waals surface area contributed by atoms with E-state index in [0.29, 0.717) is 50.1 Å². The number of ether oxygens (including phenoxy) is 1. The van der Waals surface area contributed by atoms with Gasteiger partial charge in [0.25, 0.3) is 5.91 Å². The van der Waals surface area contributed by atoms with E-state index in [1.807, 2.05) is 30.3 Å². The zero-order chi connectivity index (χ0) is 24.4. The van der Waals surface area contributed by atoms with Crippen molar-refractivity contribution in [3.8, 4) is 11.1 Å². The van der Waals surface area contributed by atoms with Gasteiger partial charge in [-0.05, 0) is 43.5 Å². The monoisotopic (exact) mass is 496 g/mol. The Morgan fingerprint density at radius 3 is 2.47 bits per heavy atom. The molecule has 2 heterocycles.